The summed E-state index contributed by atoms with van der Waals surface area (Å²) in [6.45, 7) is 16.3. The van der Waals surface area contributed by atoms with Crippen LogP contribution in [0.5, 0.6) is 6.01 Å². The number of likely N-dealkylation sites (N-methyl/N-ethyl adjacent to an activating group) is 1. The van der Waals surface area contributed by atoms with Gasteiger partial charge in [-0.05, 0) is 80.1 Å². The van der Waals surface area contributed by atoms with Crippen LogP contribution in [-0.2, 0) is 11.2 Å². The highest BCUT2D eigenvalue weighted by Gasteiger charge is 2.33. The van der Waals surface area contributed by atoms with Gasteiger partial charge in [0, 0.05) is 36.6 Å². The lowest BCUT2D eigenvalue weighted by Crippen LogP contribution is -2.56. The van der Waals surface area contributed by atoms with Gasteiger partial charge in [0.15, 0.2) is 0 Å². The van der Waals surface area contributed by atoms with Gasteiger partial charge in [-0.1, -0.05) is 31.7 Å². The molecule has 1 aromatic heterocycles. The van der Waals surface area contributed by atoms with Gasteiger partial charge in [-0.15, -0.1) is 0 Å². The molecule has 42 heavy (non-hydrogen) atoms. The number of carbonyl (C=O) groups excluding carboxylic acids is 1. The molecule has 8 nitrogen and oxygen atoms in total. The summed E-state index contributed by atoms with van der Waals surface area (Å²) in [5, 5.41) is 0.590. The summed E-state index contributed by atoms with van der Waals surface area (Å²) in [6, 6.07) is 9.75. The zero-order chi connectivity index (χ0) is 29.4. The number of ether oxygens (including phenoxy) is 1. The van der Waals surface area contributed by atoms with Crippen LogP contribution in [0.1, 0.15) is 43.2 Å². The number of fused-ring (bicyclic) bond motifs is 2. The molecule has 0 N–H and O–H groups in total. The minimum absolute atomic E-state index is 0.159. The Hall–Kier alpha value is -4.03. The second kappa shape index (κ2) is 11.7. The Balaban J connectivity index is 1.42. The molecule has 3 aromatic rings. The molecule has 2 aliphatic heterocycles. The molecule has 3 heterocycles. The first-order chi connectivity index (χ1) is 20.4. The molecular formula is C33H37FN6O2. The summed E-state index contributed by atoms with van der Waals surface area (Å²) in [5.41, 5.74) is 4.56. The van der Waals surface area contributed by atoms with Crippen LogP contribution in [-0.4, -0.2) is 84.1 Å². The Morgan fingerprint density at radius 2 is 2.05 bits per heavy atom. The van der Waals surface area contributed by atoms with Crippen molar-refractivity contribution in [2.45, 2.75) is 50.6 Å². The molecule has 6 rings (SSSR count). The molecule has 1 amide bonds. The summed E-state index contributed by atoms with van der Waals surface area (Å²) in [4.78, 5) is 31.7. The van der Waals surface area contributed by atoms with Gasteiger partial charge < -0.3 is 24.3 Å². The van der Waals surface area contributed by atoms with Crippen molar-refractivity contribution in [1.82, 2.24) is 19.8 Å². The van der Waals surface area contributed by atoms with Gasteiger partial charge in [0.25, 0.3) is 0 Å². The van der Waals surface area contributed by atoms with Gasteiger partial charge >= 0.3 is 6.01 Å². The zero-order valence-corrected chi connectivity index (χ0v) is 24.4. The van der Waals surface area contributed by atoms with E-state index in [0.717, 1.165) is 37.8 Å². The number of halogens is 1. The van der Waals surface area contributed by atoms with Gasteiger partial charge in [-0.3, -0.25) is 4.79 Å². The molecule has 218 valence electrons. The number of likely N-dealkylation sites (tertiary alicyclic amines) is 1. The fraction of sp³-hybridized carbons (Fsp3) is 0.455. The van der Waals surface area contributed by atoms with E-state index < -0.39 is 0 Å². The van der Waals surface area contributed by atoms with Crippen molar-refractivity contribution in [3.63, 3.8) is 0 Å². The smallest absolute Gasteiger partial charge is 0.319 e. The Kier molecular flexibility index (Phi) is 7.82. The molecule has 2 saturated heterocycles. The van der Waals surface area contributed by atoms with E-state index in [1.165, 1.54) is 23.3 Å². The molecule has 0 bridgehead atoms. The van der Waals surface area contributed by atoms with Crippen molar-refractivity contribution >= 4 is 22.6 Å². The second-order valence-corrected chi connectivity index (χ2v) is 11.8. The number of anilines is 1. The number of benzene rings is 2. The van der Waals surface area contributed by atoms with Crippen molar-refractivity contribution in [3.05, 3.63) is 71.3 Å². The third-order valence-corrected chi connectivity index (χ3v) is 9.22. The van der Waals surface area contributed by atoms with E-state index in [2.05, 4.69) is 36.4 Å². The first-order valence-electron chi connectivity index (χ1n) is 14.9. The van der Waals surface area contributed by atoms with E-state index in [1.54, 1.807) is 4.90 Å². The van der Waals surface area contributed by atoms with Crippen molar-refractivity contribution in [1.29, 1.82) is 0 Å². The van der Waals surface area contributed by atoms with E-state index in [-0.39, 0.29) is 30.3 Å². The first-order valence-corrected chi connectivity index (χ1v) is 14.9. The van der Waals surface area contributed by atoms with Gasteiger partial charge in [0.1, 0.15) is 24.3 Å². The van der Waals surface area contributed by atoms with Gasteiger partial charge in [-0.25, -0.2) is 11.0 Å². The molecule has 3 aliphatic rings. The van der Waals surface area contributed by atoms with Crippen molar-refractivity contribution in [2.75, 3.05) is 51.3 Å². The maximum Gasteiger partial charge on any atom is 0.319 e. The van der Waals surface area contributed by atoms with Gasteiger partial charge in [0.2, 0.25) is 12.5 Å². The average Bonchev–Trinajstić information content (AvgIpc) is 3.59. The Morgan fingerprint density at radius 1 is 1.19 bits per heavy atom. The second-order valence-electron chi connectivity index (χ2n) is 11.8. The predicted octanol–water partition coefficient (Wildman–Crippen LogP) is 5.08. The summed E-state index contributed by atoms with van der Waals surface area (Å²) in [7, 11) is 2.10. The quantitative estimate of drug-likeness (QED) is 0.293. The van der Waals surface area contributed by atoms with Crippen LogP contribution in [0.4, 0.5) is 10.2 Å². The number of carbonyl (C=O) groups is 1. The number of amides is 1. The van der Waals surface area contributed by atoms with Crippen LogP contribution in [0.3, 0.4) is 0 Å². The molecule has 0 spiro atoms. The van der Waals surface area contributed by atoms with Crippen molar-refractivity contribution in [3.8, 4) is 17.1 Å². The van der Waals surface area contributed by atoms with Crippen LogP contribution < -0.4 is 9.64 Å². The monoisotopic (exact) mass is 568 g/mol. The maximum absolute atomic E-state index is 16.0. The maximum atomic E-state index is 16.0. The van der Waals surface area contributed by atoms with Crippen LogP contribution >= 0.6 is 0 Å². The minimum atomic E-state index is -0.332. The molecular weight excluding hydrogens is 531 g/mol. The topological polar surface area (TPSA) is 66.2 Å². The number of nitrogens with zero attached hydrogens (tertiary/aromatic N) is 6. The molecule has 1 unspecified atom stereocenters. The standard InChI is InChI=1S/C33H37FN6O2/c1-5-31(41)40-15-14-39(19-23(40)18-35-3)32-28-16-29(34)27(25-10-6-9-24-21(2)11-12-26(24)25)17-30(28)36-33(37-32)42-20-22-8-7-13-38(22)4/h5-6,9-10,16-17,21-23H,1,7-8,11-15,18-20H2,2,4H3/t21?,22-,23-/m0/s1. The molecule has 3 atom stereocenters. The van der Waals surface area contributed by atoms with Crippen LogP contribution in [0.25, 0.3) is 26.9 Å². The lowest BCUT2D eigenvalue weighted by Gasteiger charge is -2.39. The molecule has 1 aliphatic carbocycles. The van der Waals surface area contributed by atoms with Crippen LogP contribution in [0, 0.1) is 12.4 Å². The van der Waals surface area contributed by atoms with Crippen molar-refractivity contribution in [2.24, 2.45) is 0 Å². The van der Waals surface area contributed by atoms with E-state index in [9.17, 15) is 4.79 Å². The van der Waals surface area contributed by atoms with Crippen molar-refractivity contribution < 1.29 is 13.9 Å². The molecule has 0 saturated carbocycles. The number of piperazine rings is 1. The third kappa shape index (κ3) is 5.20. The summed E-state index contributed by atoms with van der Waals surface area (Å²) < 4.78 is 22.2. The highest BCUT2D eigenvalue weighted by atomic mass is 19.1. The fourth-order valence-corrected chi connectivity index (χ4v) is 6.82. The van der Waals surface area contributed by atoms with Crippen LogP contribution in [0.15, 0.2) is 43.0 Å². The highest BCUT2D eigenvalue weighted by molar-refractivity contribution is 5.94. The highest BCUT2D eigenvalue weighted by Crippen LogP contribution is 2.41. The van der Waals surface area contributed by atoms with Crippen LogP contribution in [0.2, 0.25) is 0 Å². The molecule has 0 radical (unpaired) electrons. The number of aromatic nitrogens is 2. The lowest BCUT2D eigenvalue weighted by atomic mass is 9.94. The lowest BCUT2D eigenvalue weighted by molar-refractivity contribution is -0.128. The van der Waals surface area contributed by atoms with E-state index in [0.29, 0.717) is 60.5 Å². The largest absolute Gasteiger partial charge is 0.462 e. The average molecular weight is 569 g/mol. The third-order valence-electron chi connectivity index (χ3n) is 9.22. The van der Waals surface area contributed by atoms with Gasteiger partial charge in [0.05, 0.1) is 5.52 Å². The molecule has 9 heteroatoms. The summed E-state index contributed by atoms with van der Waals surface area (Å²) in [6.07, 6.45) is 5.47. The fourth-order valence-electron chi connectivity index (χ4n) is 6.82. The van der Waals surface area contributed by atoms with Gasteiger partial charge in [-0.2, -0.15) is 9.97 Å². The molecule has 2 fully saturated rings. The zero-order valence-electron chi connectivity index (χ0n) is 24.4. The summed E-state index contributed by atoms with van der Waals surface area (Å²) in [5.74, 6) is 0.509. The first kappa shape index (κ1) is 28.1. The normalized spacial score (nSPS) is 22.3. The number of rotatable bonds is 7. The van der Waals surface area contributed by atoms with E-state index in [4.69, 9.17) is 21.3 Å². The van der Waals surface area contributed by atoms with E-state index >= 15 is 4.39 Å². The minimum Gasteiger partial charge on any atom is -0.462 e. The Bertz CT molecular complexity index is 1570. The SMILES string of the molecule is [C-]#[N+]C[C@H]1CN(c2nc(OC[C@@H]3CCCN3C)nc3cc(-c4cccc5c4CCC5C)c(F)cc23)CCN1C(=O)C=C. The molecule has 2 aromatic carbocycles. The Labute approximate surface area is 246 Å². The number of hydrogen-bond donors (Lipinski definition) is 0. The van der Waals surface area contributed by atoms with E-state index in [1.807, 2.05) is 23.1 Å². The summed E-state index contributed by atoms with van der Waals surface area (Å²) >= 11 is 0. The Morgan fingerprint density at radius 3 is 2.81 bits per heavy atom. The number of hydrogen-bond acceptors (Lipinski definition) is 6. The predicted molar refractivity (Wildman–Crippen MR) is 162 cm³/mol.